The van der Waals surface area contributed by atoms with Crippen LogP contribution >= 0.6 is 11.6 Å². The molecule has 3 rings (SSSR count). The molecule has 1 N–H and O–H groups in total. The maximum Gasteiger partial charge on any atom is 0.254 e. The summed E-state index contributed by atoms with van der Waals surface area (Å²) in [5, 5.41) is 3.24. The second-order valence-electron chi connectivity index (χ2n) is 6.38. The normalized spacial score (nSPS) is 10.3. The van der Waals surface area contributed by atoms with Crippen molar-refractivity contribution in [2.45, 2.75) is 6.61 Å². The van der Waals surface area contributed by atoms with Gasteiger partial charge in [0.15, 0.2) is 0 Å². The molecule has 7 heteroatoms. The number of anilines is 1. The zero-order valence-electron chi connectivity index (χ0n) is 15.8. The molecule has 0 saturated heterocycles. The first-order valence-corrected chi connectivity index (χ1v) is 9.33. The van der Waals surface area contributed by atoms with Crippen molar-refractivity contribution in [3.05, 3.63) is 89.1 Å². The number of aromatic nitrogens is 1. The molecule has 2 amide bonds. The summed E-state index contributed by atoms with van der Waals surface area (Å²) in [5.41, 5.74) is 1.96. The third kappa shape index (κ3) is 6.05. The van der Waals surface area contributed by atoms with Crippen LogP contribution in [-0.4, -0.2) is 35.3 Å². The van der Waals surface area contributed by atoms with E-state index >= 15 is 0 Å². The van der Waals surface area contributed by atoms with E-state index in [4.69, 9.17) is 16.3 Å². The number of pyridine rings is 1. The van der Waals surface area contributed by atoms with Crippen LogP contribution in [0.4, 0.5) is 5.69 Å². The lowest BCUT2D eigenvalue weighted by molar-refractivity contribution is -0.116. The first-order chi connectivity index (χ1) is 14.0. The maximum atomic E-state index is 12.7. The number of amides is 2. The standard InChI is InChI=1S/C22H20ClN3O3/c1-26(14-20(27)25-19-9-5-8-18(23)13-19)22(28)17-10-11-24-21(12-17)29-15-16-6-3-2-4-7-16/h2-13H,14-15H2,1H3,(H,25,27). The summed E-state index contributed by atoms with van der Waals surface area (Å²) in [7, 11) is 1.56. The number of carbonyl (C=O) groups is 2. The first-order valence-electron chi connectivity index (χ1n) is 8.95. The second kappa shape index (κ2) is 9.71. The summed E-state index contributed by atoms with van der Waals surface area (Å²) in [6, 6.07) is 19.6. The highest BCUT2D eigenvalue weighted by Gasteiger charge is 2.16. The summed E-state index contributed by atoms with van der Waals surface area (Å²) < 4.78 is 5.66. The molecule has 29 heavy (non-hydrogen) atoms. The minimum atomic E-state index is -0.322. The van der Waals surface area contributed by atoms with Crippen LogP contribution in [0.15, 0.2) is 72.9 Å². The number of hydrogen-bond donors (Lipinski definition) is 1. The van der Waals surface area contributed by atoms with E-state index in [1.54, 1.807) is 43.4 Å². The minimum absolute atomic E-state index is 0.103. The van der Waals surface area contributed by atoms with Crippen molar-refractivity contribution in [1.82, 2.24) is 9.88 Å². The Bertz CT molecular complexity index is 995. The largest absolute Gasteiger partial charge is 0.473 e. The van der Waals surface area contributed by atoms with Crippen LogP contribution in [0.2, 0.25) is 5.02 Å². The van der Waals surface area contributed by atoms with Gasteiger partial charge in [0.2, 0.25) is 11.8 Å². The Morgan fingerprint density at radius 1 is 1.07 bits per heavy atom. The fraction of sp³-hybridized carbons (Fsp3) is 0.136. The first kappa shape index (κ1) is 20.4. The van der Waals surface area contributed by atoms with Crippen molar-refractivity contribution in [1.29, 1.82) is 0 Å². The highest BCUT2D eigenvalue weighted by atomic mass is 35.5. The summed E-state index contributed by atoms with van der Waals surface area (Å²) >= 11 is 5.91. The van der Waals surface area contributed by atoms with Gasteiger partial charge in [-0.1, -0.05) is 48.0 Å². The van der Waals surface area contributed by atoms with Crippen LogP contribution in [0, 0.1) is 0 Å². The molecule has 0 spiro atoms. The van der Waals surface area contributed by atoms with Gasteiger partial charge in [0.05, 0.1) is 6.54 Å². The molecule has 0 bridgehead atoms. The Balaban J connectivity index is 1.58. The van der Waals surface area contributed by atoms with Gasteiger partial charge in [-0.3, -0.25) is 9.59 Å². The molecule has 3 aromatic rings. The van der Waals surface area contributed by atoms with Gasteiger partial charge in [0, 0.05) is 35.6 Å². The zero-order chi connectivity index (χ0) is 20.6. The number of nitrogens with zero attached hydrogens (tertiary/aromatic N) is 2. The molecule has 0 radical (unpaired) electrons. The number of nitrogens with one attached hydrogen (secondary N) is 1. The number of rotatable bonds is 7. The molecule has 0 atom stereocenters. The third-order valence-electron chi connectivity index (χ3n) is 4.05. The minimum Gasteiger partial charge on any atom is -0.473 e. The van der Waals surface area contributed by atoms with Crippen molar-refractivity contribution in [2.24, 2.45) is 0 Å². The number of carbonyl (C=O) groups excluding carboxylic acids is 2. The van der Waals surface area contributed by atoms with Gasteiger partial charge >= 0.3 is 0 Å². The molecule has 0 aliphatic heterocycles. The smallest absolute Gasteiger partial charge is 0.254 e. The Labute approximate surface area is 174 Å². The molecule has 0 fully saturated rings. The number of benzene rings is 2. The van der Waals surface area contributed by atoms with Crippen molar-refractivity contribution < 1.29 is 14.3 Å². The van der Waals surface area contributed by atoms with Crippen LogP contribution in [0.25, 0.3) is 0 Å². The van der Waals surface area contributed by atoms with Crippen molar-refractivity contribution >= 4 is 29.1 Å². The summed E-state index contributed by atoms with van der Waals surface area (Å²) in [5.74, 6) is -0.285. The maximum absolute atomic E-state index is 12.7. The molecule has 1 aromatic heterocycles. The zero-order valence-corrected chi connectivity index (χ0v) is 16.6. The summed E-state index contributed by atoms with van der Waals surface area (Å²) in [4.78, 5) is 30.3. The van der Waals surface area contributed by atoms with E-state index in [-0.39, 0.29) is 18.4 Å². The quantitative estimate of drug-likeness (QED) is 0.639. The molecule has 148 valence electrons. The molecular weight excluding hydrogens is 390 g/mol. The average molecular weight is 410 g/mol. The van der Waals surface area contributed by atoms with Gasteiger partial charge in [0.25, 0.3) is 5.91 Å². The van der Waals surface area contributed by atoms with Gasteiger partial charge in [-0.25, -0.2) is 4.98 Å². The highest BCUT2D eigenvalue weighted by molar-refractivity contribution is 6.30. The topological polar surface area (TPSA) is 71.5 Å². The van der Waals surface area contributed by atoms with E-state index in [0.717, 1.165) is 5.56 Å². The van der Waals surface area contributed by atoms with E-state index in [1.807, 2.05) is 30.3 Å². The fourth-order valence-corrected chi connectivity index (χ4v) is 2.82. The van der Waals surface area contributed by atoms with Crippen molar-refractivity contribution in [3.8, 4) is 5.88 Å². The molecule has 1 heterocycles. The van der Waals surface area contributed by atoms with Gasteiger partial charge in [-0.2, -0.15) is 0 Å². The van der Waals surface area contributed by atoms with E-state index in [9.17, 15) is 9.59 Å². The van der Waals surface area contributed by atoms with E-state index in [2.05, 4.69) is 10.3 Å². The molecule has 0 unspecified atom stereocenters. The predicted molar refractivity (Wildman–Crippen MR) is 112 cm³/mol. The van der Waals surface area contributed by atoms with E-state index in [0.29, 0.717) is 28.8 Å². The van der Waals surface area contributed by atoms with Crippen LogP contribution < -0.4 is 10.1 Å². The van der Waals surface area contributed by atoms with Crippen LogP contribution in [-0.2, 0) is 11.4 Å². The van der Waals surface area contributed by atoms with Crippen molar-refractivity contribution in [3.63, 3.8) is 0 Å². The number of halogens is 1. The monoisotopic (exact) mass is 409 g/mol. The number of likely N-dealkylation sites (N-methyl/N-ethyl adjacent to an activating group) is 1. The number of ether oxygens (including phenoxy) is 1. The van der Waals surface area contributed by atoms with E-state index < -0.39 is 0 Å². The van der Waals surface area contributed by atoms with Gasteiger partial charge in [0.1, 0.15) is 6.61 Å². The second-order valence-corrected chi connectivity index (χ2v) is 6.81. The lowest BCUT2D eigenvalue weighted by Gasteiger charge is -2.17. The average Bonchev–Trinajstić information content (AvgIpc) is 2.72. The summed E-state index contributed by atoms with van der Waals surface area (Å²) in [6.07, 6.45) is 1.51. The van der Waals surface area contributed by atoms with Gasteiger partial charge < -0.3 is 15.0 Å². The van der Waals surface area contributed by atoms with Crippen LogP contribution in [0.5, 0.6) is 5.88 Å². The molecular formula is C22H20ClN3O3. The molecule has 0 aliphatic rings. The Morgan fingerprint density at radius 2 is 1.86 bits per heavy atom. The molecule has 0 aliphatic carbocycles. The third-order valence-corrected chi connectivity index (χ3v) is 4.28. The summed E-state index contributed by atoms with van der Waals surface area (Å²) in [6.45, 7) is 0.247. The fourth-order valence-electron chi connectivity index (χ4n) is 2.63. The lowest BCUT2D eigenvalue weighted by Crippen LogP contribution is -2.34. The van der Waals surface area contributed by atoms with Crippen LogP contribution in [0.1, 0.15) is 15.9 Å². The Morgan fingerprint density at radius 3 is 2.62 bits per heavy atom. The van der Waals surface area contributed by atoms with Gasteiger partial charge in [-0.05, 0) is 29.8 Å². The molecule has 6 nitrogen and oxygen atoms in total. The van der Waals surface area contributed by atoms with Crippen LogP contribution in [0.3, 0.4) is 0 Å². The molecule has 2 aromatic carbocycles. The Hall–Kier alpha value is -3.38. The van der Waals surface area contributed by atoms with Crippen molar-refractivity contribution in [2.75, 3.05) is 18.9 Å². The highest BCUT2D eigenvalue weighted by Crippen LogP contribution is 2.16. The van der Waals surface area contributed by atoms with Gasteiger partial charge in [-0.15, -0.1) is 0 Å². The predicted octanol–water partition coefficient (Wildman–Crippen LogP) is 4.02. The van der Waals surface area contributed by atoms with E-state index in [1.165, 1.54) is 11.1 Å². The number of hydrogen-bond acceptors (Lipinski definition) is 4. The molecule has 0 saturated carbocycles. The lowest BCUT2D eigenvalue weighted by atomic mass is 10.2. The SMILES string of the molecule is CN(CC(=O)Nc1cccc(Cl)c1)C(=O)c1ccnc(OCc2ccccc2)c1. The Kier molecular flexibility index (Phi) is 6.81.